The van der Waals surface area contributed by atoms with E-state index in [4.69, 9.17) is 4.99 Å². The Morgan fingerprint density at radius 2 is 1.83 bits per heavy atom. The van der Waals surface area contributed by atoms with Gasteiger partial charge >= 0.3 is 0 Å². The van der Waals surface area contributed by atoms with Crippen LogP contribution in [0.25, 0.3) is 0 Å². The number of aliphatic hydroxyl groups is 1. The van der Waals surface area contributed by atoms with Gasteiger partial charge in [-0.25, -0.2) is 0 Å². The molecule has 5 nitrogen and oxygen atoms in total. The van der Waals surface area contributed by atoms with E-state index >= 15 is 0 Å². The van der Waals surface area contributed by atoms with Crippen LogP contribution in [0.15, 0.2) is 4.99 Å². The van der Waals surface area contributed by atoms with E-state index in [2.05, 4.69) is 36.3 Å². The first-order chi connectivity index (χ1) is 11.0. The Hall–Kier alpha value is -0.0800. The van der Waals surface area contributed by atoms with Crippen LogP contribution in [0.3, 0.4) is 0 Å². The van der Waals surface area contributed by atoms with E-state index in [0.717, 1.165) is 44.9 Å². The second-order valence-electron chi connectivity index (χ2n) is 7.69. The van der Waals surface area contributed by atoms with Crippen LogP contribution in [0, 0.1) is 5.92 Å². The van der Waals surface area contributed by atoms with E-state index in [9.17, 15) is 5.11 Å². The molecule has 0 bridgehead atoms. The quantitative estimate of drug-likeness (QED) is 0.330. The molecule has 0 spiro atoms. The van der Waals surface area contributed by atoms with Gasteiger partial charge in [0.1, 0.15) is 0 Å². The molecule has 142 valence electrons. The molecule has 0 aromatic heterocycles. The molecule has 2 aliphatic rings. The van der Waals surface area contributed by atoms with Gasteiger partial charge in [-0.2, -0.15) is 0 Å². The van der Waals surface area contributed by atoms with Crippen LogP contribution in [0.5, 0.6) is 0 Å². The number of aliphatic hydroxyl groups excluding tert-OH is 1. The van der Waals surface area contributed by atoms with Crippen molar-refractivity contribution >= 4 is 29.9 Å². The Morgan fingerprint density at radius 1 is 1.12 bits per heavy atom. The lowest BCUT2D eigenvalue weighted by Crippen LogP contribution is -2.50. The summed E-state index contributed by atoms with van der Waals surface area (Å²) in [7, 11) is 0. The normalized spacial score (nSPS) is 26.1. The van der Waals surface area contributed by atoms with Crippen molar-refractivity contribution in [1.29, 1.82) is 0 Å². The maximum absolute atomic E-state index is 9.95. The van der Waals surface area contributed by atoms with E-state index < -0.39 is 0 Å². The van der Waals surface area contributed by atoms with Crippen LogP contribution < -0.4 is 10.6 Å². The molecule has 1 saturated carbocycles. The van der Waals surface area contributed by atoms with Gasteiger partial charge in [-0.3, -0.25) is 9.89 Å². The fourth-order valence-electron chi connectivity index (χ4n) is 3.70. The minimum Gasteiger partial charge on any atom is -0.393 e. The average molecular weight is 452 g/mol. The summed E-state index contributed by atoms with van der Waals surface area (Å²) in [5.41, 5.74) is 0.107. The molecular weight excluding hydrogens is 415 g/mol. The van der Waals surface area contributed by atoms with Gasteiger partial charge in [-0.15, -0.1) is 24.0 Å². The fraction of sp³-hybridized carbons (Fsp3) is 0.944. The van der Waals surface area contributed by atoms with Gasteiger partial charge in [-0.1, -0.05) is 12.8 Å². The summed E-state index contributed by atoms with van der Waals surface area (Å²) in [6.07, 6.45) is 7.05. The Balaban J connectivity index is 0.00000288. The minimum atomic E-state index is -0.143. The number of halogens is 1. The van der Waals surface area contributed by atoms with Crippen LogP contribution in [0.1, 0.15) is 59.3 Å². The second-order valence-corrected chi connectivity index (χ2v) is 7.69. The minimum absolute atomic E-state index is 0. The first-order valence-electron chi connectivity index (χ1n) is 9.48. The van der Waals surface area contributed by atoms with Crippen LogP contribution in [-0.4, -0.2) is 60.3 Å². The molecule has 1 aliphatic carbocycles. The summed E-state index contributed by atoms with van der Waals surface area (Å²) in [6, 6.07) is 0. The predicted octanol–water partition coefficient (Wildman–Crippen LogP) is 2.59. The number of rotatable bonds is 6. The first-order valence-corrected chi connectivity index (χ1v) is 9.48. The molecule has 24 heavy (non-hydrogen) atoms. The highest BCUT2D eigenvalue weighted by Gasteiger charge is 2.28. The largest absolute Gasteiger partial charge is 0.393 e. The van der Waals surface area contributed by atoms with Gasteiger partial charge < -0.3 is 15.7 Å². The summed E-state index contributed by atoms with van der Waals surface area (Å²) < 4.78 is 0. The molecule has 3 N–H and O–H groups in total. The summed E-state index contributed by atoms with van der Waals surface area (Å²) >= 11 is 0. The number of nitrogens with zero attached hydrogens (tertiary/aromatic N) is 2. The molecule has 2 unspecified atom stereocenters. The van der Waals surface area contributed by atoms with E-state index in [1.807, 2.05) is 0 Å². The lowest BCUT2D eigenvalue weighted by atomic mass is 9.99. The van der Waals surface area contributed by atoms with Gasteiger partial charge in [0.15, 0.2) is 5.96 Å². The second kappa shape index (κ2) is 10.8. The highest BCUT2D eigenvalue weighted by atomic mass is 127. The monoisotopic (exact) mass is 452 g/mol. The topological polar surface area (TPSA) is 59.9 Å². The highest BCUT2D eigenvalue weighted by molar-refractivity contribution is 14.0. The number of likely N-dealkylation sites (tertiary alicyclic amines) is 1. The van der Waals surface area contributed by atoms with Crippen molar-refractivity contribution < 1.29 is 5.11 Å². The zero-order valence-electron chi connectivity index (χ0n) is 15.7. The molecule has 2 rings (SSSR count). The molecule has 0 radical (unpaired) electrons. The third-order valence-electron chi connectivity index (χ3n) is 5.33. The predicted molar refractivity (Wildman–Crippen MR) is 112 cm³/mol. The molecule has 2 atom stereocenters. The van der Waals surface area contributed by atoms with E-state index in [0.29, 0.717) is 5.92 Å². The molecule has 0 aromatic carbocycles. The fourth-order valence-corrected chi connectivity index (χ4v) is 3.70. The lowest BCUT2D eigenvalue weighted by molar-refractivity contribution is 0.102. The Bertz CT molecular complexity index is 383. The molecule has 2 fully saturated rings. The number of nitrogens with one attached hydrogen (secondary N) is 2. The molecule has 1 heterocycles. The SMILES string of the molecule is CCNC(=NCC(C)(C)N1CCCCC1)NCC1CCCC1O.I. The van der Waals surface area contributed by atoms with Gasteiger partial charge in [0.2, 0.25) is 0 Å². The Labute approximate surface area is 165 Å². The maximum Gasteiger partial charge on any atom is 0.191 e. The van der Waals surface area contributed by atoms with Crippen molar-refractivity contribution in [2.45, 2.75) is 70.9 Å². The first kappa shape index (κ1) is 22.0. The highest BCUT2D eigenvalue weighted by Crippen LogP contribution is 2.24. The molecule has 6 heteroatoms. The number of aliphatic imine (C=N–C) groups is 1. The molecule has 1 saturated heterocycles. The number of piperidine rings is 1. The van der Waals surface area contributed by atoms with Gasteiger partial charge in [0.05, 0.1) is 12.6 Å². The number of hydrogen-bond acceptors (Lipinski definition) is 3. The summed E-state index contributed by atoms with van der Waals surface area (Å²) in [4.78, 5) is 7.39. The van der Waals surface area contributed by atoms with Crippen molar-refractivity contribution in [2.75, 3.05) is 32.7 Å². The third-order valence-corrected chi connectivity index (χ3v) is 5.33. The van der Waals surface area contributed by atoms with Gasteiger partial charge in [0, 0.05) is 24.5 Å². The molecule has 1 aliphatic heterocycles. The van der Waals surface area contributed by atoms with Gasteiger partial charge in [0.25, 0.3) is 0 Å². The Kier molecular flexibility index (Phi) is 9.89. The molecule has 0 aromatic rings. The van der Waals surface area contributed by atoms with Gasteiger partial charge in [-0.05, 0) is 59.5 Å². The zero-order valence-corrected chi connectivity index (χ0v) is 18.0. The van der Waals surface area contributed by atoms with E-state index in [-0.39, 0.29) is 35.6 Å². The Morgan fingerprint density at radius 3 is 2.42 bits per heavy atom. The number of guanidine groups is 1. The average Bonchev–Trinajstić information content (AvgIpc) is 2.96. The summed E-state index contributed by atoms with van der Waals surface area (Å²) in [6.45, 7) is 11.6. The summed E-state index contributed by atoms with van der Waals surface area (Å²) in [5.74, 6) is 1.26. The zero-order chi connectivity index (χ0) is 16.7. The van der Waals surface area contributed by atoms with E-state index in [1.165, 1.54) is 32.4 Å². The third kappa shape index (κ3) is 6.67. The smallest absolute Gasteiger partial charge is 0.191 e. The van der Waals surface area contributed by atoms with Crippen molar-refractivity contribution in [3.8, 4) is 0 Å². The maximum atomic E-state index is 9.95. The van der Waals surface area contributed by atoms with Crippen LogP contribution in [0.4, 0.5) is 0 Å². The lowest BCUT2D eigenvalue weighted by Gasteiger charge is -2.40. The van der Waals surface area contributed by atoms with Crippen molar-refractivity contribution in [1.82, 2.24) is 15.5 Å². The molecular formula is C18H37IN4O. The van der Waals surface area contributed by atoms with Crippen LogP contribution in [-0.2, 0) is 0 Å². The summed E-state index contributed by atoms with van der Waals surface area (Å²) in [5, 5.41) is 16.7. The van der Waals surface area contributed by atoms with Crippen molar-refractivity contribution in [3.63, 3.8) is 0 Å². The van der Waals surface area contributed by atoms with Crippen molar-refractivity contribution in [3.05, 3.63) is 0 Å². The van der Waals surface area contributed by atoms with Crippen molar-refractivity contribution in [2.24, 2.45) is 10.9 Å². The van der Waals surface area contributed by atoms with E-state index in [1.54, 1.807) is 0 Å². The standard InChI is InChI=1S/C18H36N4O.HI/c1-4-19-17(20-13-15-9-8-10-16(15)23)21-14-18(2,3)22-11-6-5-7-12-22;/h15-16,23H,4-14H2,1-3H3,(H2,19,20,21);1H. The van der Waals surface area contributed by atoms with Crippen LogP contribution >= 0.6 is 24.0 Å². The number of hydrogen-bond donors (Lipinski definition) is 3. The molecule has 0 amide bonds. The van der Waals surface area contributed by atoms with Crippen LogP contribution in [0.2, 0.25) is 0 Å².